The number of allylic oxidation sites excluding steroid dienone is 1. The summed E-state index contributed by atoms with van der Waals surface area (Å²) in [6, 6.07) is 21.9. The van der Waals surface area contributed by atoms with Gasteiger partial charge in [-0.3, -0.25) is 14.5 Å². The Kier molecular flexibility index (Phi) is 6.63. The van der Waals surface area contributed by atoms with Gasteiger partial charge < -0.3 is 5.32 Å². The minimum atomic E-state index is -0.399. The van der Waals surface area contributed by atoms with Gasteiger partial charge >= 0.3 is 0 Å². The maximum atomic E-state index is 13.8. The van der Waals surface area contributed by atoms with Crippen molar-refractivity contribution in [2.24, 2.45) is 0 Å². The molecule has 2 heterocycles. The summed E-state index contributed by atoms with van der Waals surface area (Å²) in [6.45, 7) is 2.14. The molecular formula is C29H30N2O2S. The molecule has 0 saturated heterocycles. The van der Waals surface area contributed by atoms with Gasteiger partial charge in [0.15, 0.2) is 5.78 Å². The molecule has 174 valence electrons. The third kappa shape index (κ3) is 4.32. The molecule has 5 rings (SSSR count). The number of Topliss-reactive ketones (excluding diaryl/α,β-unsaturated/α-hetero) is 1. The maximum absolute atomic E-state index is 13.8. The number of rotatable bonds is 6. The molecule has 1 aliphatic heterocycles. The van der Waals surface area contributed by atoms with Gasteiger partial charge in [0.1, 0.15) is 6.04 Å². The van der Waals surface area contributed by atoms with Crippen molar-refractivity contribution in [3.8, 4) is 0 Å². The Hall–Kier alpha value is -3.18. The van der Waals surface area contributed by atoms with Crippen LogP contribution in [-0.4, -0.2) is 11.7 Å². The summed E-state index contributed by atoms with van der Waals surface area (Å²) >= 11 is 1.61. The van der Waals surface area contributed by atoms with Gasteiger partial charge in [0.25, 0.3) is 0 Å². The fourth-order valence-electron chi connectivity index (χ4n) is 5.19. The van der Waals surface area contributed by atoms with E-state index in [1.54, 1.807) is 11.3 Å². The van der Waals surface area contributed by atoms with Gasteiger partial charge in [-0.2, -0.15) is 0 Å². The highest BCUT2D eigenvalue weighted by molar-refractivity contribution is 7.10. The van der Waals surface area contributed by atoms with Gasteiger partial charge in [0.05, 0.1) is 11.4 Å². The monoisotopic (exact) mass is 470 g/mol. The van der Waals surface area contributed by atoms with E-state index in [0.717, 1.165) is 53.2 Å². The van der Waals surface area contributed by atoms with E-state index >= 15 is 0 Å². The molecule has 3 aromatic rings. The number of para-hydroxylation sites is 2. The lowest BCUT2D eigenvalue weighted by Gasteiger charge is -2.34. The Morgan fingerprint density at radius 1 is 1.00 bits per heavy atom. The number of amides is 1. The van der Waals surface area contributed by atoms with Crippen LogP contribution in [0.5, 0.6) is 0 Å². The molecule has 0 unspecified atom stereocenters. The molecule has 0 saturated carbocycles. The molecule has 0 radical (unpaired) electrons. The van der Waals surface area contributed by atoms with E-state index in [9.17, 15) is 9.59 Å². The Morgan fingerprint density at radius 3 is 2.56 bits per heavy atom. The van der Waals surface area contributed by atoms with Crippen LogP contribution in [-0.2, 0) is 9.59 Å². The van der Waals surface area contributed by atoms with E-state index in [4.69, 9.17) is 0 Å². The molecule has 5 heteroatoms. The van der Waals surface area contributed by atoms with Gasteiger partial charge in [-0.15, -0.1) is 11.3 Å². The van der Waals surface area contributed by atoms with Crippen molar-refractivity contribution in [1.82, 2.24) is 0 Å². The van der Waals surface area contributed by atoms with Crippen molar-refractivity contribution in [1.29, 1.82) is 0 Å². The first-order valence-corrected chi connectivity index (χ1v) is 13.1. The van der Waals surface area contributed by atoms with Crippen LogP contribution in [0.15, 0.2) is 83.4 Å². The Labute approximate surface area is 205 Å². The molecule has 0 spiro atoms. The van der Waals surface area contributed by atoms with Gasteiger partial charge in [0, 0.05) is 29.0 Å². The molecule has 2 aliphatic rings. The number of hydrogen-bond acceptors (Lipinski definition) is 4. The van der Waals surface area contributed by atoms with E-state index in [1.165, 1.54) is 5.56 Å². The molecule has 0 fully saturated rings. The summed E-state index contributed by atoms with van der Waals surface area (Å²) in [4.78, 5) is 30.5. The minimum absolute atomic E-state index is 0.0767. The summed E-state index contributed by atoms with van der Waals surface area (Å²) < 4.78 is 0. The number of nitrogens with zero attached hydrogens (tertiary/aromatic N) is 1. The zero-order chi connectivity index (χ0) is 23.5. The Balaban J connectivity index is 1.63. The number of nitrogens with one attached hydrogen (secondary N) is 1. The second-order valence-corrected chi connectivity index (χ2v) is 10.1. The zero-order valence-electron chi connectivity index (χ0n) is 19.5. The van der Waals surface area contributed by atoms with Crippen molar-refractivity contribution < 1.29 is 9.59 Å². The fraction of sp³-hybridized carbons (Fsp3) is 0.310. The maximum Gasteiger partial charge on any atom is 0.227 e. The van der Waals surface area contributed by atoms with E-state index in [-0.39, 0.29) is 17.6 Å². The van der Waals surface area contributed by atoms with Gasteiger partial charge in [0.2, 0.25) is 5.91 Å². The van der Waals surface area contributed by atoms with Crippen LogP contribution in [0.2, 0.25) is 0 Å². The largest absolute Gasteiger partial charge is 0.357 e. The van der Waals surface area contributed by atoms with Crippen LogP contribution in [0, 0.1) is 0 Å². The zero-order valence-corrected chi connectivity index (χ0v) is 20.3. The molecule has 1 aromatic heterocycles. The molecule has 0 bridgehead atoms. The number of anilines is 2. The predicted octanol–water partition coefficient (Wildman–Crippen LogP) is 7.23. The first-order chi connectivity index (χ1) is 16.7. The van der Waals surface area contributed by atoms with E-state index in [2.05, 4.69) is 30.4 Å². The average molecular weight is 471 g/mol. The summed E-state index contributed by atoms with van der Waals surface area (Å²) in [5, 5.41) is 5.63. The van der Waals surface area contributed by atoms with Crippen molar-refractivity contribution in [2.75, 3.05) is 10.2 Å². The SMILES string of the molecule is CCCCCC(=O)N1c2ccccc2NC2=C(C(=O)C[C@H](c3ccccc3)C2)[C@@H]1c1cccs1. The summed E-state index contributed by atoms with van der Waals surface area (Å²) in [5.41, 5.74) is 4.61. The molecule has 2 aromatic carbocycles. The smallest absolute Gasteiger partial charge is 0.227 e. The Morgan fingerprint density at radius 2 is 1.79 bits per heavy atom. The van der Waals surface area contributed by atoms with Gasteiger partial charge in [-0.05, 0) is 47.9 Å². The van der Waals surface area contributed by atoms with Gasteiger partial charge in [-0.25, -0.2) is 0 Å². The average Bonchev–Trinajstić information content (AvgIpc) is 3.34. The number of unbranched alkanes of at least 4 members (excludes halogenated alkanes) is 2. The molecule has 2 atom stereocenters. The third-order valence-corrected chi connectivity index (χ3v) is 7.76. The number of benzene rings is 2. The Bertz CT molecular complexity index is 1200. The lowest BCUT2D eigenvalue weighted by molar-refractivity contribution is -0.119. The van der Waals surface area contributed by atoms with Crippen LogP contribution in [0.25, 0.3) is 0 Å². The number of carbonyl (C=O) groups is 2. The number of carbonyl (C=O) groups excluding carboxylic acids is 2. The molecule has 1 amide bonds. The highest BCUT2D eigenvalue weighted by Crippen LogP contribution is 2.48. The van der Waals surface area contributed by atoms with E-state index in [0.29, 0.717) is 12.8 Å². The van der Waals surface area contributed by atoms with Crippen LogP contribution >= 0.6 is 11.3 Å². The van der Waals surface area contributed by atoms with Crippen LogP contribution < -0.4 is 10.2 Å². The number of hydrogen-bond donors (Lipinski definition) is 1. The van der Waals surface area contributed by atoms with Crippen molar-refractivity contribution in [3.63, 3.8) is 0 Å². The van der Waals surface area contributed by atoms with Crippen LogP contribution in [0.1, 0.15) is 67.8 Å². The molecular weight excluding hydrogens is 440 g/mol. The lowest BCUT2D eigenvalue weighted by Crippen LogP contribution is -2.38. The van der Waals surface area contributed by atoms with Gasteiger partial charge in [-0.1, -0.05) is 68.3 Å². The fourth-order valence-corrected chi connectivity index (χ4v) is 6.01. The molecule has 4 nitrogen and oxygen atoms in total. The van der Waals surface area contributed by atoms with Crippen molar-refractivity contribution in [3.05, 3.63) is 93.8 Å². The number of ketones is 1. The second kappa shape index (κ2) is 9.98. The van der Waals surface area contributed by atoms with Crippen LogP contribution in [0.4, 0.5) is 11.4 Å². The van der Waals surface area contributed by atoms with Crippen molar-refractivity contribution in [2.45, 2.75) is 57.4 Å². The predicted molar refractivity (Wildman–Crippen MR) is 139 cm³/mol. The molecule has 34 heavy (non-hydrogen) atoms. The second-order valence-electron chi connectivity index (χ2n) is 9.11. The molecule has 1 aliphatic carbocycles. The van der Waals surface area contributed by atoms with Crippen molar-refractivity contribution >= 4 is 34.4 Å². The standard InChI is InChI=1S/C29H30N2O2S/c1-2-3-5-16-27(33)31-24-14-9-8-13-22(24)30-23-18-21(20-11-6-4-7-12-20)19-25(32)28(23)29(31)26-15-10-17-34-26/h4,6-15,17,21,29-30H,2-3,5,16,18-19H2,1H3/t21-,29+/m1/s1. The highest BCUT2D eigenvalue weighted by Gasteiger charge is 2.41. The normalized spacial score (nSPS) is 19.8. The van der Waals surface area contributed by atoms with E-state index in [1.807, 2.05) is 58.8 Å². The quantitative estimate of drug-likeness (QED) is 0.387. The first-order valence-electron chi connectivity index (χ1n) is 12.2. The number of fused-ring (bicyclic) bond motifs is 1. The lowest BCUT2D eigenvalue weighted by atomic mass is 9.79. The molecule has 1 N–H and O–H groups in total. The summed E-state index contributed by atoms with van der Waals surface area (Å²) in [6.07, 6.45) is 4.63. The minimum Gasteiger partial charge on any atom is -0.357 e. The summed E-state index contributed by atoms with van der Waals surface area (Å²) in [5.74, 6) is 0.330. The number of thiophene rings is 1. The third-order valence-electron chi connectivity index (χ3n) is 6.84. The highest BCUT2D eigenvalue weighted by atomic mass is 32.1. The topological polar surface area (TPSA) is 49.4 Å². The van der Waals surface area contributed by atoms with Crippen LogP contribution in [0.3, 0.4) is 0 Å². The summed E-state index contributed by atoms with van der Waals surface area (Å²) in [7, 11) is 0. The first kappa shape index (κ1) is 22.6. The van der Waals surface area contributed by atoms with E-state index < -0.39 is 6.04 Å².